The molecule has 14 heavy (non-hydrogen) atoms. The number of nitrogens with two attached hydrogens (primary N) is 1. The number of carbonyl (C=O) groups excluding carboxylic acids is 1. The van der Waals surface area contributed by atoms with Crippen molar-refractivity contribution in [3.63, 3.8) is 0 Å². The van der Waals surface area contributed by atoms with Gasteiger partial charge in [-0.15, -0.1) is 0 Å². The highest BCUT2D eigenvalue weighted by Crippen LogP contribution is 2.35. The molecule has 0 aliphatic heterocycles. The molecule has 0 fully saturated rings. The lowest BCUT2D eigenvalue weighted by Gasteiger charge is -2.13. The van der Waals surface area contributed by atoms with Crippen molar-refractivity contribution < 1.29 is 4.79 Å². The molecule has 0 aromatic heterocycles. The Kier molecular flexibility index (Phi) is 2.52. The Bertz CT molecular complexity index is 317. The first kappa shape index (κ1) is 9.24. The molecule has 2 amide bonds. The van der Waals surface area contributed by atoms with Crippen molar-refractivity contribution in [1.29, 1.82) is 0 Å². The van der Waals surface area contributed by atoms with E-state index in [0.717, 1.165) is 25.0 Å². The lowest BCUT2D eigenvalue weighted by atomic mass is 9.94. The van der Waals surface area contributed by atoms with Gasteiger partial charge in [-0.3, -0.25) is 0 Å². The van der Waals surface area contributed by atoms with E-state index >= 15 is 0 Å². The Labute approximate surface area is 83.2 Å². The van der Waals surface area contributed by atoms with Gasteiger partial charge >= 0.3 is 6.03 Å². The Morgan fingerprint density at radius 3 is 2.79 bits per heavy atom. The number of nitrogens with zero attached hydrogens (tertiary/aromatic N) is 1. The molecule has 0 aromatic carbocycles. The van der Waals surface area contributed by atoms with Gasteiger partial charge in [0, 0.05) is 0 Å². The molecule has 0 saturated carbocycles. The number of primary amides is 1. The molecule has 2 rings (SSSR count). The summed E-state index contributed by atoms with van der Waals surface area (Å²) in [4.78, 5) is 10.5. The van der Waals surface area contributed by atoms with Gasteiger partial charge in [-0.05, 0) is 44.1 Å². The summed E-state index contributed by atoms with van der Waals surface area (Å²) in [5, 5.41) is 4.04. The first-order chi connectivity index (χ1) is 6.77. The summed E-state index contributed by atoms with van der Waals surface area (Å²) < 4.78 is 0. The van der Waals surface area contributed by atoms with E-state index in [1.807, 2.05) is 0 Å². The molecule has 2 aliphatic rings. The maximum atomic E-state index is 10.5. The van der Waals surface area contributed by atoms with E-state index in [4.69, 9.17) is 5.73 Å². The highest BCUT2D eigenvalue weighted by Gasteiger charge is 2.23. The summed E-state index contributed by atoms with van der Waals surface area (Å²) in [6.07, 6.45) is 6.96. The molecule has 0 bridgehead atoms. The largest absolute Gasteiger partial charge is 0.350 e. The number of nitrogens with one attached hydrogen (secondary N) is 1. The second kappa shape index (κ2) is 3.82. The molecule has 0 unspecified atom stereocenters. The van der Waals surface area contributed by atoms with Crippen LogP contribution in [0.1, 0.15) is 38.5 Å². The van der Waals surface area contributed by atoms with E-state index in [1.54, 1.807) is 5.57 Å². The minimum atomic E-state index is -0.581. The van der Waals surface area contributed by atoms with Gasteiger partial charge in [-0.1, -0.05) is 5.57 Å². The molecule has 76 valence electrons. The smallest absolute Gasteiger partial charge is 0.332 e. The molecule has 0 spiro atoms. The van der Waals surface area contributed by atoms with Crippen LogP contribution in [0.2, 0.25) is 0 Å². The third kappa shape index (κ3) is 1.78. The van der Waals surface area contributed by atoms with Crippen molar-refractivity contribution in [2.75, 3.05) is 0 Å². The van der Waals surface area contributed by atoms with Crippen LogP contribution in [0.4, 0.5) is 4.79 Å². The third-order valence-corrected chi connectivity index (χ3v) is 2.90. The molecule has 4 nitrogen and oxygen atoms in total. The number of hydrogen-bond donors (Lipinski definition) is 2. The fourth-order valence-corrected chi connectivity index (χ4v) is 2.26. The first-order valence-corrected chi connectivity index (χ1v) is 5.10. The summed E-state index contributed by atoms with van der Waals surface area (Å²) in [6.45, 7) is 0. The standard InChI is InChI=1S/C10H15N3O/c11-10(14)13-12-9-6-5-7-3-1-2-4-8(7)9/h1-6H2,(H3,11,13,14)/b12-9-. The zero-order chi connectivity index (χ0) is 9.97. The van der Waals surface area contributed by atoms with E-state index in [-0.39, 0.29) is 0 Å². The van der Waals surface area contributed by atoms with Gasteiger partial charge < -0.3 is 5.73 Å². The summed E-state index contributed by atoms with van der Waals surface area (Å²) in [5.74, 6) is 0. The van der Waals surface area contributed by atoms with Crippen LogP contribution in [0.15, 0.2) is 16.2 Å². The van der Waals surface area contributed by atoms with Crippen molar-refractivity contribution in [3.8, 4) is 0 Å². The predicted molar refractivity (Wildman–Crippen MR) is 54.9 cm³/mol. The highest BCUT2D eigenvalue weighted by atomic mass is 16.2. The maximum absolute atomic E-state index is 10.5. The quantitative estimate of drug-likeness (QED) is 0.611. The zero-order valence-electron chi connectivity index (χ0n) is 8.18. The Morgan fingerprint density at radius 2 is 2.00 bits per heavy atom. The first-order valence-electron chi connectivity index (χ1n) is 5.10. The van der Waals surface area contributed by atoms with Crippen LogP contribution in [0.25, 0.3) is 0 Å². The van der Waals surface area contributed by atoms with Crippen molar-refractivity contribution in [2.24, 2.45) is 10.8 Å². The van der Waals surface area contributed by atoms with Gasteiger partial charge in [0.2, 0.25) is 0 Å². The Morgan fingerprint density at radius 1 is 1.21 bits per heavy atom. The van der Waals surface area contributed by atoms with E-state index < -0.39 is 6.03 Å². The minimum Gasteiger partial charge on any atom is -0.350 e. The van der Waals surface area contributed by atoms with E-state index in [9.17, 15) is 4.79 Å². The van der Waals surface area contributed by atoms with Gasteiger partial charge in [-0.2, -0.15) is 5.10 Å². The van der Waals surface area contributed by atoms with Crippen molar-refractivity contribution in [1.82, 2.24) is 5.43 Å². The minimum absolute atomic E-state index is 0.581. The number of amides is 2. The van der Waals surface area contributed by atoms with Gasteiger partial charge in [0.15, 0.2) is 0 Å². The average molecular weight is 193 g/mol. The van der Waals surface area contributed by atoms with Crippen LogP contribution in [0, 0.1) is 0 Å². The third-order valence-electron chi connectivity index (χ3n) is 2.90. The van der Waals surface area contributed by atoms with Crippen LogP contribution in [0.3, 0.4) is 0 Å². The van der Waals surface area contributed by atoms with Gasteiger partial charge in [0.1, 0.15) is 0 Å². The molecular formula is C10H15N3O. The molecule has 4 heteroatoms. The molecule has 0 heterocycles. The van der Waals surface area contributed by atoms with Crippen LogP contribution >= 0.6 is 0 Å². The summed E-state index contributed by atoms with van der Waals surface area (Å²) in [7, 11) is 0. The van der Waals surface area contributed by atoms with Crippen molar-refractivity contribution >= 4 is 11.7 Å². The molecule has 0 radical (unpaired) electrons. The fraction of sp³-hybridized carbons (Fsp3) is 0.600. The monoisotopic (exact) mass is 193 g/mol. The number of hydrazone groups is 1. The lowest BCUT2D eigenvalue weighted by Crippen LogP contribution is -2.25. The number of rotatable bonds is 1. The molecule has 0 atom stereocenters. The maximum Gasteiger partial charge on any atom is 0.332 e. The van der Waals surface area contributed by atoms with Crippen LogP contribution in [-0.4, -0.2) is 11.7 Å². The van der Waals surface area contributed by atoms with E-state index in [1.165, 1.54) is 24.8 Å². The Hall–Kier alpha value is -1.32. The number of hydrogen-bond acceptors (Lipinski definition) is 2. The van der Waals surface area contributed by atoms with Gasteiger partial charge in [0.25, 0.3) is 0 Å². The van der Waals surface area contributed by atoms with E-state index in [0.29, 0.717) is 0 Å². The molecule has 3 N–H and O–H groups in total. The van der Waals surface area contributed by atoms with Crippen molar-refractivity contribution in [3.05, 3.63) is 11.1 Å². The molecule has 0 aromatic rings. The summed E-state index contributed by atoms with van der Waals surface area (Å²) >= 11 is 0. The molecule has 2 aliphatic carbocycles. The molecule has 0 saturated heterocycles. The van der Waals surface area contributed by atoms with Crippen LogP contribution in [-0.2, 0) is 0 Å². The SMILES string of the molecule is NC(=O)N/N=C1/CCC2=C1CCCC2. The number of allylic oxidation sites excluding steroid dienone is 2. The number of urea groups is 1. The normalized spacial score (nSPS) is 23.9. The van der Waals surface area contributed by atoms with E-state index in [2.05, 4.69) is 10.5 Å². The van der Waals surface area contributed by atoms with Crippen molar-refractivity contribution in [2.45, 2.75) is 38.5 Å². The summed E-state index contributed by atoms with van der Waals surface area (Å²) in [6, 6.07) is -0.581. The molecular weight excluding hydrogens is 178 g/mol. The highest BCUT2D eigenvalue weighted by molar-refractivity contribution is 6.03. The predicted octanol–water partition coefficient (Wildman–Crippen LogP) is 1.68. The number of carbonyl (C=O) groups is 1. The lowest BCUT2D eigenvalue weighted by molar-refractivity contribution is 0.249. The summed E-state index contributed by atoms with van der Waals surface area (Å²) in [5.41, 5.74) is 11.2. The van der Waals surface area contributed by atoms with Crippen LogP contribution < -0.4 is 11.2 Å². The zero-order valence-corrected chi connectivity index (χ0v) is 8.18. The van der Waals surface area contributed by atoms with Gasteiger partial charge in [-0.25, -0.2) is 10.2 Å². The fourth-order valence-electron chi connectivity index (χ4n) is 2.26. The van der Waals surface area contributed by atoms with Crippen LogP contribution in [0.5, 0.6) is 0 Å². The Balaban J connectivity index is 2.11. The second-order valence-corrected chi connectivity index (χ2v) is 3.82. The average Bonchev–Trinajstić information content (AvgIpc) is 2.58. The topological polar surface area (TPSA) is 67.5 Å². The second-order valence-electron chi connectivity index (χ2n) is 3.82. The van der Waals surface area contributed by atoms with Gasteiger partial charge in [0.05, 0.1) is 5.71 Å².